The topological polar surface area (TPSA) is 26.0 Å². The molecule has 0 bridgehead atoms. The first-order valence-corrected chi connectivity index (χ1v) is 2.99. The standard InChI is InChI=1S/C3H8.C2H6.CH5N.H2/c1-3-2;2*1-2;/h3H2,1-2H3;1-2H3;2H2,1H3;1H. The molecule has 0 aromatic carbocycles. The van der Waals surface area contributed by atoms with Crippen LogP contribution in [0.4, 0.5) is 0 Å². The van der Waals surface area contributed by atoms with E-state index in [0.29, 0.717) is 0 Å². The molecule has 0 saturated carbocycles. The van der Waals surface area contributed by atoms with Crippen molar-refractivity contribution in [2.75, 3.05) is 7.05 Å². The lowest BCUT2D eigenvalue weighted by atomic mass is 10.6. The second kappa shape index (κ2) is 159. The molecular weight excluding hydrogens is 86.1 g/mol. The summed E-state index contributed by atoms with van der Waals surface area (Å²) < 4.78 is 0. The van der Waals surface area contributed by atoms with E-state index in [1.807, 2.05) is 13.8 Å². The summed E-state index contributed by atoms with van der Waals surface area (Å²) in [5.74, 6) is 0. The lowest BCUT2D eigenvalue weighted by Gasteiger charge is -1.48. The van der Waals surface area contributed by atoms with Gasteiger partial charge in [0.05, 0.1) is 0 Å². The molecule has 0 spiro atoms. The molecule has 7 heavy (non-hydrogen) atoms. The lowest BCUT2D eigenvalue weighted by Crippen LogP contribution is -1.69. The first kappa shape index (κ1) is 15.8. The van der Waals surface area contributed by atoms with E-state index in [0.717, 1.165) is 0 Å². The summed E-state index contributed by atoms with van der Waals surface area (Å²) in [6, 6.07) is 0. The third-order valence-electron chi connectivity index (χ3n) is 0. The molecular formula is C6H21N. The van der Waals surface area contributed by atoms with Gasteiger partial charge in [-0.3, -0.25) is 0 Å². The van der Waals surface area contributed by atoms with Crippen LogP contribution in [0.25, 0.3) is 0 Å². The predicted molar refractivity (Wildman–Crippen MR) is 39.5 cm³/mol. The zero-order valence-corrected chi connectivity index (χ0v) is 6.28. The van der Waals surface area contributed by atoms with Crippen LogP contribution >= 0.6 is 0 Å². The maximum absolute atomic E-state index is 4.50. The summed E-state index contributed by atoms with van der Waals surface area (Å²) in [7, 11) is 1.50. The highest BCUT2D eigenvalue weighted by atomic mass is 14.4. The Labute approximate surface area is 49.4 Å². The van der Waals surface area contributed by atoms with E-state index in [1.54, 1.807) is 0 Å². The van der Waals surface area contributed by atoms with Crippen molar-refractivity contribution >= 4 is 0 Å². The van der Waals surface area contributed by atoms with Gasteiger partial charge in [0.25, 0.3) is 0 Å². The van der Waals surface area contributed by atoms with E-state index in [4.69, 9.17) is 0 Å². The van der Waals surface area contributed by atoms with Gasteiger partial charge in [-0.1, -0.05) is 34.1 Å². The highest BCUT2D eigenvalue weighted by molar-refractivity contribution is 3.92. The average molecular weight is 107 g/mol. The smallest absolute Gasteiger partial charge is 0 e. The molecule has 2 N–H and O–H groups in total. The third kappa shape index (κ3) is 58400. The summed E-state index contributed by atoms with van der Waals surface area (Å²) >= 11 is 0. The zero-order valence-electron chi connectivity index (χ0n) is 6.28. The van der Waals surface area contributed by atoms with Gasteiger partial charge in [0.15, 0.2) is 0 Å². The Kier molecular flexibility index (Phi) is 358. The van der Waals surface area contributed by atoms with E-state index in [-0.39, 0.29) is 1.43 Å². The van der Waals surface area contributed by atoms with Gasteiger partial charge in [0.2, 0.25) is 0 Å². The molecule has 0 aliphatic heterocycles. The van der Waals surface area contributed by atoms with Crippen molar-refractivity contribution in [3.8, 4) is 0 Å². The summed E-state index contributed by atoms with van der Waals surface area (Å²) in [4.78, 5) is 0. The molecule has 0 aromatic heterocycles. The van der Waals surface area contributed by atoms with Gasteiger partial charge in [-0.2, -0.15) is 0 Å². The monoisotopic (exact) mass is 107 g/mol. The summed E-state index contributed by atoms with van der Waals surface area (Å²) in [6.45, 7) is 8.25. The Bertz CT molecular complexity index is 8.49. The number of hydrogen-bond donors (Lipinski definition) is 1. The molecule has 0 rings (SSSR count). The van der Waals surface area contributed by atoms with Gasteiger partial charge in [-0.15, -0.1) is 0 Å². The Morgan fingerprint density at radius 2 is 1.14 bits per heavy atom. The minimum absolute atomic E-state index is 0. The van der Waals surface area contributed by atoms with Crippen molar-refractivity contribution in [3.63, 3.8) is 0 Å². The van der Waals surface area contributed by atoms with E-state index in [2.05, 4.69) is 19.6 Å². The predicted octanol–water partition coefficient (Wildman–Crippen LogP) is 2.26. The van der Waals surface area contributed by atoms with Crippen LogP contribution < -0.4 is 5.73 Å². The molecule has 0 unspecified atom stereocenters. The maximum atomic E-state index is 4.50. The van der Waals surface area contributed by atoms with Crippen molar-refractivity contribution < 1.29 is 1.43 Å². The van der Waals surface area contributed by atoms with Gasteiger partial charge in [0, 0.05) is 1.43 Å². The molecule has 0 aliphatic rings. The fraction of sp³-hybridized carbons (Fsp3) is 1.00. The summed E-state index contributed by atoms with van der Waals surface area (Å²) in [5.41, 5.74) is 4.50. The molecule has 0 atom stereocenters. The average Bonchev–Trinajstić information content (AvgIpc) is 1.78. The van der Waals surface area contributed by atoms with E-state index < -0.39 is 0 Å². The zero-order chi connectivity index (χ0) is 6.71. The first-order chi connectivity index (χ1) is 3.41. The lowest BCUT2D eigenvalue weighted by molar-refractivity contribution is 1.09. The van der Waals surface area contributed by atoms with Gasteiger partial charge in [-0.05, 0) is 7.05 Å². The SMILES string of the molecule is CC.CCC.CN.[HH]. The van der Waals surface area contributed by atoms with Crippen LogP contribution in [-0.4, -0.2) is 7.05 Å². The van der Waals surface area contributed by atoms with Crippen molar-refractivity contribution in [1.29, 1.82) is 0 Å². The van der Waals surface area contributed by atoms with E-state index >= 15 is 0 Å². The normalized spacial score (nSPS) is 4.29. The Morgan fingerprint density at radius 3 is 1.14 bits per heavy atom. The fourth-order valence-corrected chi connectivity index (χ4v) is 0. The van der Waals surface area contributed by atoms with Gasteiger partial charge in [-0.25, -0.2) is 0 Å². The minimum Gasteiger partial charge on any atom is -0.333 e. The van der Waals surface area contributed by atoms with Crippen LogP contribution in [-0.2, 0) is 0 Å². The molecule has 0 radical (unpaired) electrons. The van der Waals surface area contributed by atoms with Crippen LogP contribution in [0, 0.1) is 0 Å². The molecule has 0 amide bonds. The van der Waals surface area contributed by atoms with E-state index in [9.17, 15) is 0 Å². The highest BCUT2D eigenvalue weighted by Gasteiger charge is 1.35. The van der Waals surface area contributed by atoms with Crippen LogP contribution in [0.5, 0.6) is 0 Å². The molecule has 0 fully saturated rings. The van der Waals surface area contributed by atoms with E-state index in [1.165, 1.54) is 13.5 Å². The Morgan fingerprint density at radius 1 is 1.14 bits per heavy atom. The van der Waals surface area contributed by atoms with Crippen molar-refractivity contribution in [2.45, 2.75) is 34.1 Å². The third-order valence-corrected chi connectivity index (χ3v) is 0. The maximum Gasteiger partial charge on any atom is 0 e. The van der Waals surface area contributed by atoms with Crippen LogP contribution in [0.15, 0.2) is 0 Å². The molecule has 0 saturated heterocycles. The molecule has 0 aliphatic carbocycles. The number of hydrogen-bond acceptors (Lipinski definition) is 1. The Balaban J connectivity index is -0.0000000147. The van der Waals surface area contributed by atoms with Gasteiger partial charge in [0.1, 0.15) is 0 Å². The molecule has 50 valence electrons. The second-order valence-electron chi connectivity index (χ2n) is 0.707. The van der Waals surface area contributed by atoms with Crippen molar-refractivity contribution in [2.24, 2.45) is 5.73 Å². The van der Waals surface area contributed by atoms with Gasteiger partial charge < -0.3 is 5.73 Å². The van der Waals surface area contributed by atoms with Crippen molar-refractivity contribution in [3.05, 3.63) is 0 Å². The molecule has 1 nitrogen and oxygen atoms in total. The molecule has 1 heteroatoms. The van der Waals surface area contributed by atoms with Crippen LogP contribution in [0.1, 0.15) is 35.5 Å². The summed E-state index contributed by atoms with van der Waals surface area (Å²) in [5, 5.41) is 0. The minimum atomic E-state index is 0. The Hall–Kier alpha value is -0.0400. The first-order valence-electron chi connectivity index (χ1n) is 2.99. The van der Waals surface area contributed by atoms with Crippen LogP contribution in [0.2, 0.25) is 0 Å². The fourth-order valence-electron chi connectivity index (χ4n) is 0. The largest absolute Gasteiger partial charge is 0.333 e. The molecule has 0 aromatic rings. The number of rotatable bonds is 0. The van der Waals surface area contributed by atoms with Crippen LogP contribution in [0.3, 0.4) is 0 Å². The number of nitrogens with two attached hydrogens (primary N) is 1. The molecule has 0 heterocycles. The van der Waals surface area contributed by atoms with Crippen molar-refractivity contribution in [1.82, 2.24) is 0 Å². The quantitative estimate of drug-likeness (QED) is 0.505. The highest BCUT2D eigenvalue weighted by Crippen LogP contribution is 1.56. The second-order valence-corrected chi connectivity index (χ2v) is 0.707. The van der Waals surface area contributed by atoms with Gasteiger partial charge >= 0.3 is 0 Å². The summed E-state index contributed by atoms with van der Waals surface area (Å²) in [6.07, 6.45) is 1.25.